The van der Waals surface area contributed by atoms with Gasteiger partial charge >= 0.3 is 6.18 Å². The molecule has 0 unspecified atom stereocenters. The van der Waals surface area contributed by atoms with Gasteiger partial charge in [0.05, 0.1) is 11.3 Å². The highest BCUT2D eigenvalue weighted by Crippen LogP contribution is 2.38. The molecule has 0 radical (unpaired) electrons. The topological polar surface area (TPSA) is 39.4 Å². The number of aliphatic imine (C=N–C) groups is 1. The number of aromatic nitrogens is 2. The third-order valence-electron chi connectivity index (χ3n) is 2.90. The lowest BCUT2D eigenvalue weighted by molar-refractivity contribution is -0.137. The van der Waals surface area contributed by atoms with E-state index in [2.05, 4.69) is 9.98 Å². The van der Waals surface area contributed by atoms with Crippen molar-refractivity contribution in [2.45, 2.75) is 19.5 Å². The molecule has 124 valence electrons. The van der Waals surface area contributed by atoms with E-state index in [-0.39, 0.29) is 17.3 Å². The molecule has 0 aliphatic heterocycles. The molecule has 0 aliphatic rings. The first-order valence-corrected chi connectivity index (χ1v) is 7.30. The largest absolute Gasteiger partial charge is 0.418 e. The Labute approximate surface area is 136 Å². The van der Waals surface area contributed by atoms with Crippen LogP contribution in [0.15, 0.2) is 41.9 Å². The number of hydrogen-bond acceptors (Lipinski definition) is 3. The number of alkyl halides is 3. The van der Waals surface area contributed by atoms with Gasteiger partial charge in [-0.25, -0.2) is 9.98 Å². The molecule has 0 aliphatic carbocycles. The van der Waals surface area contributed by atoms with Gasteiger partial charge in [0, 0.05) is 24.0 Å². The molecule has 0 amide bonds. The van der Waals surface area contributed by atoms with Crippen molar-refractivity contribution in [2.24, 2.45) is 4.99 Å². The van der Waals surface area contributed by atoms with Crippen LogP contribution in [-0.2, 0) is 10.9 Å². The number of benzene rings is 1. The van der Waals surface area contributed by atoms with Gasteiger partial charge in [0.25, 0.3) is 0 Å². The Morgan fingerprint density at radius 1 is 1.39 bits per heavy atom. The van der Waals surface area contributed by atoms with Crippen LogP contribution in [0.3, 0.4) is 0 Å². The summed E-state index contributed by atoms with van der Waals surface area (Å²) in [5.41, 5.74) is -1.11. The third-order valence-corrected chi connectivity index (χ3v) is 3.13. The van der Waals surface area contributed by atoms with Crippen molar-refractivity contribution >= 4 is 23.1 Å². The summed E-state index contributed by atoms with van der Waals surface area (Å²) in [5.74, 6) is 0.309. The maximum Gasteiger partial charge on any atom is 0.418 e. The molecule has 2 aromatic rings. The van der Waals surface area contributed by atoms with E-state index in [1.54, 1.807) is 6.20 Å². The first kappa shape index (κ1) is 17.5. The van der Waals surface area contributed by atoms with E-state index < -0.39 is 11.7 Å². The average Bonchev–Trinajstić information content (AvgIpc) is 3.01. The summed E-state index contributed by atoms with van der Waals surface area (Å²) in [7, 11) is 0. The first-order chi connectivity index (χ1) is 10.9. The van der Waals surface area contributed by atoms with Gasteiger partial charge in [-0.15, -0.1) is 0 Å². The summed E-state index contributed by atoms with van der Waals surface area (Å²) in [6.45, 7) is 2.50. The van der Waals surface area contributed by atoms with Crippen molar-refractivity contribution in [1.29, 1.82) is 0 Å². The molecule has 1 aromatic heterocycles. The van der Waals surface area contributed by atoms with Gasteiger partial charge in [0.2, 0.25) is 0 Å². The molecular formula is C15H15ClF3N3O. The van der Waals surface area contributed by atoms with Gasteiger partial charge < -0.3 is 4.74 Å². The Morgan fingerprint density at radius 3 is 2.78 bits per heavy atom. The van der Waals surface area contributed by atoms with E-state index >= 15 is 0 Å². The quantitative estimate of drug-likeness (QED) is 0.452. The molecule has 0 saturated heterocycles. The summed E-state index contributed by atoms with van der Waals surface area (Å²) in [4.78, 5) is 8.00. The first-order valence-electron chi connectivity index (χ1n) is 6.92. The third kappa shape index (κ3) is 4.80. The zero-order chi connectivity index (χ0) is 16.9. The Balaban J connectivity index is 2.42. The van der Waals surface area contributed by atoms with Gasteiger partial charge in [0.1, 0.15) is 18.8 Å². The zero-order valence-corrected chi connectivity index (χ0v) is 13.1. The molecule has 1 aromatic carbocycles. The fourth-order valence-corrected chi connectivity index (χ4v) is 2.03. The Hall–Kier alpha value is -1.86. The molecule has 0 fully saturated rings. The summed E-state index contributed by atoms with van der Waals surface area (Å²) in [6.07, 6.45) is 0.816. The Bertz CT molecular complexity index is 669. The molecule has 0 N–H and O–H groups in total. The number of rotatable bonds is 5. The number of hydrogen-bond donors (Lipinski definition) is 0. The minimum absolute atomic E-state index is 0.00249. The van der Waals surface area contributed by atoms with E-state index in [1.165, 1.54) is 29.2 Å². The highest BCUT2D eigenvalue weighted by molar-refractivity contribution is 6.30. The predicted octanol–water partition coefficient (Wildman–Crippen LogP) is 4.56. The van der Waals surface area contributed by atoms with Crippen molar-refractivity contribution in [1.82, 2.24) is 9.55 Å². The maximum absolute atomic E-state index is 13.1. The van der Waals surface area contributed by atoms with Crippen LogP contribution >= 0.6 is 11.6 Å². The number of nitrogens with zero attached hydrogens (tertiary/aromatic N) is 3. The molecule has 2 rings (SSSR count). The van der Waals surface area contributed by atoms with Crippen LogP contribution < -0.4 is 0 Å². The van der Waals surface area contributed by atoms with Crippen LogP contribution in [0.5, 0.6) is 0 Å². The lowest BCUT2D eigenvalue weighted by Crippen LogP contribution is -2.18. The maximum atomic E-state index is 13.1. The minimum atomic E-state index is -4.55. The van der Waals surface area contributed by atoms with Crippen LogP contribution in [0.2, 0.25) is 5.02 Å². The Kier molecular flexibility index (Phi) is 5.79. The van der Waals surface area contributed by atoms with Crippen LogP contribution in [0, 0.1) is 0 Å². The molecular weight excluding hydrogens is 331 g/mol. The second-order valence-electron chi connectivity index (χ2n) is 4.71. The second kappa shape index (κ2) is 7.61. The van der Waals surface area contributed by atoms with Gasteiger partial charge in [-0.1, -0.05) is 18.5 Å². The smallest absolute Gasteiger partial charge is 0.374 e. The fraction of sp³-hybridized carbons (Fsp3) is 0.333. The summed E-state index contributed by atoms with van der Waals surface area (Å²) < 4.78 is 46.4. The van der Waals surface area contributed by atoms with Gasteiger partial charge in [0.15, 0.2) is 0 Å². The molecule has 0 spiro atoms. The van der Waals surface area contributed by atoms with E-state index in [1.807, 2.05) is 6.92 Å². The van der Waals surface area contributed by atoms with Crippen molar-refractivity contribution in [2.75, 3.05) is 13.2 Å². The molecule has 0 atom stereocenters. The van der Waals surface area contributed by atoms with E-state index in [0.29, 0.717) is 12.4 Å². The van der Waals surface area contributed by atoms with Crippen LogP contribution in [0.1, 0.15) is 18.9 Å². The van der Waals surface area contributed by atoms with Crippen molar-refractivity contribution in [3.63, 3.8) is 0 Å². The number of ether oxygens (including phenoxy) is 1. The van der Waals surface area contributed by atoms with Crippen LogP contribution in [-0.4, -0.2) is 28.6 Å². The molecule has 0 bridgehead atoms. The van der Waals surface area contributed by atoms with Crippen molar-refractivity contribution in [3.8, 4) is 0 Å². The lowest BCUT2D eigenvalue weighted by atomic mass is 10.1. The molecule has 0 saturated carbocycles. The highest BCUT2D eigenvalue weighted by atomic mass is 35.5. The molecule has 8 heteroatoms. The summed E-state index contributed by atoms with van der Waals surface area (Å²) in [6, 6.07) is 3.47. The SMILES string of the molecule is CCCOCC(=Nc1ccc(Cl)cc1C(F)(F)F)n1ccnc1. The molecule has 4 nitrogen and oxygen atoms in total. The summed E-state index contributed by atoms with van der Waals surface area (Å²) >= 11 is 5.67. The minimum Gasteiger partial charge on any atom is -0.374 e. The van der Waals surface area contributed by atoms with Crippen LogP contribution in [0.4, 0.5) is 18.9 Å². The highest BCUT2D eigenvalue weighted by Gasteiger charge is 2.34. The van der Waals surface area contributed by atoms with E-state index in [0.717, 1.165) is 12.5 Å². The normalized spacial score (nSPS) is 12.7. The summed E-state index contributed by atoms with van der Waals surface area (Å²) in [5, 5.41) is 0.00249. The molecule has 23 heavy (non-hydrogen) atoms. The van der Waals surface area contributed by atoms with Gasteiger partial charge in [-0.3, -0.25) is 4.57 Å². The Morgan fingerprint density at radius 2 is 2.17 bits per heavy atom. The van der Waals surface area contributed by atoms with Gasteiger partial charge in [-0.05, 0) is 24.6 Å². The van der Waals surface area contributed by atoms with Crippen molar-refractivity contribution in [3.05, 3.63) is 47.5 Å². The standard InChI is InChI=1S/C15H15ClF3N3O/c1-2-7-23-9-14(22-6-5-20-10-22)21-13-4-3-11(16)8-12(13)15(17,18)19/h3-6,8,10H,2,7,9H2,1H3. The predicted molar refractivity (Wildman–Crippen MR) is 82.3 cm³/mol. The average molecular weight is 346 g/mol. The second-order valence-corrected chi connectivity index (χ2v) is 5.15. The van der Waals surface area contributed by atoms with E-state index in [9.17, 15) is 13.2 Å². The van der Waals surface area contributed by atoms with Crippen molar-refractivity contribution < 1.29 is 17.9 Å². The van der Waals surface area contributed by atoms with E-state index in [4.69, 9.17) is 16.3 Å². The zero-order valence-electron chi connectivity index (χ0n) is 12.3. The monoisotopic (exact) mass is 345 g/mol. The van der Waals surface area contributed by atoms with Gasteiger partial charge in [-0.2, -0.15) is 13.2 Å². The lowest BCUT2D eigenvalue weighted by Gasteiger charge is -2.13. The fourth-order valence-electron chi connectivity index (χ4n) is 1.86. The number of imidazole rings is 1. The number of halogens is 4. The molecule has 1 heterocycles. The van der Waals surface area contributed by atoms with Crippen LogP contribution in [0.25, 0.3) is 0 Å².